The fourth-order valence-corrected chi connectivity index (χ4v) is 2.69. The molecular weight excluding hydrogens is 342 g/mol. The first kappa shape index (κ1) is 17.6. The highest BCUT2D eigenvalue weighted by molar-refractivity contribution is 5.90. The molecular formula is C16H19N5O5. The molecule has 2 aromatic rings. The maximum absolute atomic E-state index is 12.3. The molecule has 10 nitrogen and oxygen atoms in total. The monoisotopic (exact) mass is 361 g/mol. The van der Waals surface area contributed by atoms with Crippen LogP contribution >= 0.6 is 0 Å². The minimum absolute atomic E-state index is 0.0193. The molecule has 1 aliphatic heterocycles. The molecule has 2 N–H and O–H groups in total. The number of nitrogens with zero attached hydrogens (tertiary/aromatic N) is 3. The van der Waals surface area contributed by atoms with E-state index >= 15 is 0 Å². The predicted octanol–water partition coefficient (Wildman–Crippen LogP) is 0.776. The molecule has 1 saturated heterocycles. The number of hydrogen-bond donors (Lipinski definition) is 2. The zero-order chi connectivity index (χ0) is 18.5. The van der Waals surface area contributed by atoms with Crippen LogP contribution in [0.15, 0.2) is 27.6 Å². The lowest BCUT2D eigenvalue weighted by molar-refractivity contribution is 0.0851. The first-order valence-corrected chi connectivity index (χ1v) is 8.33. The number of H-pyrrole nitrogens is 1. The van der Waals surface area contributed by atoms with Crippen LogP contribution in [0.2, 0.25) is 0 Å². The van der Waals surface area contributed by atoms with Crippen molar-refractivity contribution in [2.45, 2.75) is 25.8 Å². The van der Waals surface area contributed by atoms with Crippen LogP contribution in [0, 0.1) is 0 Å². The molecule has 0 saturated carbocycles. The largest absolute Gasteiger partial charge is 0.450 e. The molecule has 0 aliphatic carbocycles. The summed E-state index contributed by atoms with van der Waals surface area (Å²) in [6.07, 6.45) is 2.35. The van der Waals surface area contributed by atoms with E-state index in [0.717, 1.165) is 0 Å². The highest BCUT2D eigenvalue weighted by Crippen LogP contribution is 2.14. The summed E-state index contributed by atoms with van der Waals surface area (Å²) >= 11 is 0. The molecule has 3 rings (SSSR count). The number of piperidine rings is 1. The van der Waals surface area contributed by atoms with E-state index in [9.17, 15) is 14.4 Å². The standard InChI is InChI=1S/C16H19N5O5/c1-2-25-16(24)21-8-5-10(6-9-21)18-14(23)12-19-15(26-20-12)11-4-3-7-17-13(11)22/h3-4,7,10H,2,5-6,8-9H2,1H3,(H,17,22)(H,18,23). The number of nitrogens with one attached hydrogen (secondary N) is 2. The van der Waals surface area contributed by atoms with Crippen LogP contribution in [0.5, 0.6) is 0 Å². The topological polar surface area (TPSA) is 130 Å². The summed E-state index contributed by atoms with van der Waals surface area (Å²) in [5.74, 6) is -0.646. The number of hydrogen-bond acceptors (Lipinski definition) is 7. The third-order valence-corrected chi connectivity index (χ3v) is 4.03. The van der Waals surface area contributed by atoms with Gasteiger partial charge in [0.05, 0.1) is 6.61 Å². The number of pyridine rings is 1. The van der Waals surface area contributed by atoms with Crippen molar-refractivity contribution in [1.29, 1.82) is 0 Å². The third-order valence-electron chi connectivity index (χ3n) is 4.03. The SMILES string of the molecule is CCOC(=O)N1CCC(NC(=O)c2noc(-c3ccc[nH]c3=O)n2)CC1. The van der Waals surface area contributed by atoms with E-state index in [0.29, 0.717) is 32.5 Å². The molecule has 0 aromatic carbocycles. The van der Waals surface area contributed by atoms with Crippen molar-refractivity contribution in [3.63, 3.8) is 0 Å². The average Bonchev–Trinajstić information content (AvgIpc) is 3.13. The normalized spacial score (nSPS) is 14.9. The Morgan fingerprint density at radius 2 is 2.19 bits per heavy atom. The van der Waals surface area contributed by atoms with Crippen LogP contribution in [-0.2, 0) is 4.74 Å². The molecule has 3 heterocycles. The van der Waals surface area contributed by atoms with Crippen LogP contribution in [0.3, 0.4) is 0 Å². The molecule has 138 valence electrons. The van der Waals surface area contributed by atoms with Crippen molar-refractivity contribution < 1.29 is 18.8 Å². The molecule has 1 fully saturated rings. The number of aromatic amines is 1. The zero-order valence-corrected chi connectivity index (χ0v) is 14.2. The summed E-state index contributed by atoms with van der Waals surface area (Å²) in [5, 5.41) is 6.45. The highest BCUT2D eigenvalue weighted by atomic mass is 16.6. The second-order valence-corrected chi connectivity index (χ2v) is 5.77. The minimum Gasteiger partial charge on any atom is -0.450 e. The molecule has 10 heteroatoms. The van der Waals surface area contributed by atoms with Gasteiger partial charge in [-0.05, 0) is 31.9 Å². The Kier molecular flexibility index (Phi) is 5.30. The van der Waals surface area contributed by atoms with Gasteiger partial charge in [-0.2, -0.15) is 4.98 Å². The maximum atomic E-state index is 12.3. The number of rotatable bonds is 4. The summed E-state index contributed by atoms with van der Waals surface area (Å²) in [6.45, 7) is 3.09. The van der Waals surface area contributed by atoms with Crippen molar-refractivity contribution in [3.05, 3.63) is 34.5 Å². The molecule has 2 amide bonds. The smallest absolute Gasteiger partial charge is 0.409 e. The van der Waals surface area contributed by atoms with E-state index in [2.05, 4.69) is 20.4 Å². The second-order valence-electron chi connectivity index (χ2n) is 5.77. The van der Waals surface area contributed by atoms with Gasteiger partial charge in [0.1, 0.15) is 5.56 Å². The number of carbonyl (C=O) groups excluding carboxylic acids is 2. The highest BCUT2D eigenvalue weighted by Gasteiger charge is 2.26. The lowest BCUT2D eigenvalue weighted by Gasteiger charge is -2.31. The summed E-state index contributed by atoms with van der Waals surface area (Å²) in [7, 11) is 0. The van der Waals surface area contributed by atoms with Gasteiger partial charge in [-0.15, -0.1) is 0 Å². The lowest BCUT2D eigenvalue weighted by atomic mass is 10.1. The first-order chi connectivity index (χ1) is 12.6. The number of ether oxygens (including phenoxy) is 1. The van der Waals surface area contributed by atoms with Crippen molar-refractivity contribution in [2.24, 2.45) is 0 Å². The van der Waals surface area contributed by atoms with Gasteiger partial charge < -0.3 is 24.5 Å². The van der Waals surface area contributed by atoms with Crippen LogP contribution in [0.4, 0.5) is 4.79 Å². The van der Waals surface area contributed by atoms with Crippen molar-refractivity contribution in [2.75, 3.05) is 19.7 Å². The Balaban J connectivity index is 1.57. The number of carbonyl (C=O) groups is 2. The van der Waals surface area contributed by atoms with E-state index in [-0.39, 0.29) is 35.0 Å². The second kappa shape index (κ2) is 7.81. The van der Waals surface area contributed by atoms with Crippen LogP contribution in [-0.4, -0.2) is 57.8 Å². The summed E-state index contributed by atoms with van der Waals surface area (Å²) in [4.78, 5) is 43.8. The Morgan fingerprint density at radius 1 is 1.42 bits per heavy atom. The Bertz CT molecular complexity index is 837. The van der Waals surface area contributed by atoms with E-state index in [1.54, 1.807) is 17.9 Å². The van der Waals surface area contributed by atoms with E-state index in [1.165, 1.54) is 12.3 Å². The fraction of sp³-hybridized carbons (Fsp3) is 0.438. The van der Waals surface area contributed by atoms with Gasteiger partial charge in [0.2, 0.25) is 0 Å². The number of aromatic nitrogens is 3. The van der Waals surface area contributed by atoms with Crippen LogP contribution < -0.4 is 10.9 Å². The fourth-order valence-electron chi connectivity index (χ4n) is 2.69. The van der Waals surface area contributed by atoms with Gasteiger partial charge in [-0.1, -0.05) is 5.16 Å². The summed E-state index contributed by atoms with van der Waals surface area (Å²) < 4.78 is 9.97. The minimum atomic E-state index is -0.484. The summed E-state index contributed by atoms with van der Waals surface area (Å²) in [6, 6.07) is 3.05. The van der Waals surface area contributed by atoms with Crippen LogP contribution in [0.1, 0.15) is 30.4 Å². The van der Waals surface area contributed by atoms with E-state index in [4.69, 9.17) is 9.26 Å². The Labute approximate surface area is 148 Å². The quantitative estimate of drug-likeness (QED) is 0.822. The molecule has 0 bridgehead atoms. The maximum Gasteiger partial charge on any atom is 0.409 e. The van der Waals surface area contributed by atoms with Gasteiger partial charge in [0.15, 0.2) is 0 Å². The summed E-state index contributed by atoms with van der Waals surface area (Å²) in [5.41, 5.74) is -0.184. The molecule has 0 atom stereocenters. The van der Waals surface area contributed by atoms with Crippen molar-refractivity contribution >= 4 is 12.0 Å². The zero-order valence-electron chi connectivity index (χ0n) is 14.2. The average molecular weight is 361 g/mol. The molecule has 0 unspecified atom stereocenters. The number of amides is 2. The third kappa shape index (κ3) is 3.90. The first-order valence-electron chi connectivity index (χ1n) is 8.33. The van der Waals surface area contributed by atoms with Gasteiger partial charge in [0, 0.05) is 25.3 Å². The molecule has 0 spiro atoms. The van der Waals surface area contributed by atoms with Gasteiger partial charge in [-0.3, -0.25) is 9.59 Å². The van der Waals surface area contributed by atoms with Gasteiger partial charge >= 0.3 is 6.09 Å². The van der Waals surface area contributed by atoms with Crippen LogP contribution in [0.25, 0.3) is 11.5 Å². The Morgan fingerprint density at radius 3 is 2.88 bits per heavy atom. The van der Waals surface area contributed by atoms with Gasteiger partial charge in [0.25, 0.3) is 23.2 Å². The number of likely N-dealkylation sites (tertiary alicyclic amines) is 1. The molecule has 26 heavy (non-hydrogen) atoms. The van der Waals surface area contributed by atoms with Crippen molar-refractivity contribution in [1.82, 2.24) is 25.3 Å². The van der Waals surface area contributed by atoms with Gasteiger partial charge in [-0.25, -0.2) is 4.79 Å². The Hall–Kier alpha value is -3.17. The molecule has 2 aromatic heterocycles. The lowest BCUT2D eigenvalue weighted by Crippen LogP contribution is -2.46. The van der Waals surface area contributed by atoms with E-state index in [1.807, 2.05) is 0 Å². The predicted molar refractivity (Wildman–Crippen MR) is 89.4 cm³/mol. The van der Waals surface area contributed by atoms with E-state index < -0.39 is 5.91 Å². The molecule has 1 aliphatic rings. The molecule has 0 radical (unpaired) electrons. The van der Waals surface area contributed by atoms with Crippen molar-refractivity contribution in [3.8, 4) is 11.5 Å².